The highest BCUT2D eigenvalue weighted by atomic mass is 28.3. The summed E-state index contributed by atoms with van der Waals surface area (Å²) in [5.41, 5.74) is 23.4. The summed E-state index contributed by atoms with van der Waals surface area (Å²) in [5.74, 6) is 1.66. The maximum atomic E-state index is 5.90. The summed E-state index contributed by atoms with van der Waals surface area (Å²) in [6, 6.07) is 53.8. The van der Waals surface area contributed by atoms with Crippen LogP contribution in [0.4, 0.5) is 0 Å². The molecule has 0 bridgehead atoms. The third-order valence-electron chi connectivity index (χ3n) is 15.4. The molecule has 0 amide bonds. The maximum absolute atomic E-state index is 5.90. The number of ether oxygens (including phenoxy) is 1. The second kappa shape index (κ2) is 14.4. The van der Waals surface area contributed by atoms with E-state index in [2.05, 4.69) is 200 Å². The molecule has 3 aromatic heterocycles. The SMILES string of the molecule is COc1ccc2c(c1)c1c(n2[Si](C)(C)C)-c2ccccc2C1C[Si](C)(C)Cn1c2c(c3ccccc31)C(C[Si](C)(C)Cn1c3c(c4cc(C)ccc41)Cc1ccccc1-3)c1ccccc1-2. The number of hydrogen-bond donors (Lipinski definition) is 0. The van der Waals surface area contributed by atoms with Gasteiger partial charge in [0.05, 0.1) is 34.6 Å². The number of para-hydroxylation sites is 1. The molecule has 3 aliphatic carbocycles. The van der Waals surface area contributed by atoms with Crippen molar-refractivity contribution in [3.05, 3.63) is 172 Å². The van der Waals surface area contributed by atoms with Crippen LogP contribution in [0.5, 0.6) is 5.75 Å². The van der Waals surface area contributed by atoms with Crippen molar-refractivity contribution in [2.24, 2.45) is 0 Å². The van der Waals surface area contributed by atoms with Crippen LogP contribution in [0.2, 0.25) is 57.9 Å². The molecular formula is C58H61N3OSi3. The average Bonchev–Trinajstić information content (AvgIpc) is 4.10. The van der Waals surface area contributed by atoms with Gasteiger partial charge in [-0.05, 0) is 88.8 Å². The molecule has 7 heteroatoms. The summed E-state index contributed by atoms with van der Waals surface area (Å²) < 4.78 is 14.2. The van der Waals surface area contributed by atoms with Crippen LogP contribution < -0.4 is 4.74 Å². The lowest BCUT2D eigenvalue weighted by Crippen LogP contribution is -2.34. The quantitative estimate of drug-likeness (QED) is 0.126. The smallest absolute Gasteiger partial charge is 0.153 e. The Balaban J connectivity index is 0.943. The molecule has 326 valence electrons. The van der Waals surface area contributed by atoms with Gasteiger partial charge in [-0.3, -0.25) is 0 Å². The fraction of sp³-hybridized carbons (Fsp3) is 0.276. The van der Waals surface area contributed by atoms with Crippen molar-refractivity contribution in [2.45, 2.75) is 95.4 Å². The largest absolute Gasteiger partial charge is 0.497 e. The third kappa shape index (κ3) is 6.25. The summed E-state index contributed by atoms with van der Waals surface area (Å²) in [4.78, 5) is 0. The number of nitrogens with zero attached hydrogens (tertiary/aromatic N) is 3. The van der Waals surface area contributed by atoms with E-state index < -0.39 is 24.4 Å². The van der Waals surface area contributed by atoms with Gasteiger partial charge < -0.3 is 18.1 Å². The number of hydrogen-bond acceptors (Lipinski definition) is 1. The molecule has 3 aliphatic rings. The van der Waals surface area contributed by atoms with E-state index in [0.29, 0.717) is 11.8 Å². The minimum atomic E-state index is -1.98. The van der Waals surface area contributed by atoms with Crippen molar-refractivity contribution in [1.29, 1.82) is 0 Å². The van der Waals surface area contributed by atoms with Crippen LogP contribution >= 0.6 is 0 Å². The van der Waals surface area contributed by atoms with Crippen LogP contribution in [0.15, 0.2) is 133 Å². The standard InChI is InChI=1S/C58H61N3OSi3/c1-37-26-28-52-46(30-37)47-31-38-18-10-11-19-40(38)56(47)59(52)35-64(6,7)33-49-41-20-12-14-22-43(41)57-54(49)45-24-16-17-25-51(45)60(57)36-65(8,9)34-50-42-21-13-15-23-44(42)58-55(50)48-32-39(62-2)27-29-53(48)61(58)63(3,4)5/h10-30,32,49-50H,31,33-36H2,1-9H3. The summed E-state index contributed by atoms with van der Waals surface area (Å²) in [7, 11) is -3.89. The van der Waals surface area contributed by atoms with Crippen LogP contribution in [-0.2, 0) is 18.8 Å². The first-order valence-corrected chi connectivity index (χ1v) is 34.2. The van der Waals surface area contributed by atoms with Crippen molar-refractivity contribution in [1.82, 2.24) is 13.4 Å². The van der Waals surface area contributed by atoms with Crippen molar-refractivity contribution >= 4 is 57.1 Å². The second-order valence-electron chi connectivity index (χ2n) is 22.3. The number of methoxy groups -OCH3 is 1. The lowest BCUT2D eigenvalue weighted by atomic mass is 9.97. The van der Waals surface area contributed by atoms with Crippen molar-refractivity contribution in [3.8, 4) is 39.5 Å². The molecule has 0 aliphatic heterocycles. The zero-order valence-electron chi connectivity index (χ0n) is 39.6. The molecule has 4 nitrogen and oxygen atoms in total. The monoisotopic (exact) mass is 899 g/mol. The predicted octanol–water partition coefficient (Wildman–Crippen LogP) is 15.2. The molecule has 6 aromatic carbocycles. The summed E-state index contributed by atoms with van der Waals surface area (Å²) in [5, 5.41) is 4.28. The number of rotatable bonds is 10. The van der Waals surface area contributed by atoms with Gasteiger partial charge in [0.1, 0.15) is 5.75 Å². The van der Waals surface area contributed by atoms with E-state index in [1.165, 1.54) is 112 Å². The molecule has 9 aromatic rings. The normalized spacial score (nSPS) is 16.3. The van der Waals surface area contributed by atoms with E-state index in [0.717, 1.165) is 24.5 Å². The van der Waals surface area contributed by atoms with E-state index in [-0.39, 0.29) is 0 Å². The Hall–Kier alpha value is -5.61. The zero-order chi connectivity index (χ0) is 44.7. The molecule has 0 saturated carbocycles. The van der Waals surface area contributed by atoms with Gasteiger partial charge in [0.25, 0.3) is 0 Å². The molecule has 2 unspecified atom stereocenters. The fourth-order valence-electron chi connectivity index (χ4n) is 13.0. The fourth-order valence-corrected chi connectivity index (χ4v) is 20.5. The van der Waals surface area contributed by atoms with Gasteiger partial charge in [0.2, 0.25) is 0 Å². The predicted molar refractivity (Wildman–Crippen MR) is 283 cm³/mol. The van der Waals surface area contributed by atoms with Gasteiger partial charge in [0.15, 0.2) is 8.24 Å². The molecule has 2 atom stereocenters. The van der Waals surface area contributed by atoms with E-state index in [1.807, 2.05) is 0 Å². The molecule has 3 heterocycles. The Labute approximate surface area is 387 Å². The highest BCUT2D eigenvalue weighted by Crippen LogP contribution is 2.56. The van der Waals surface area contributed by atoms with Gasteiger partial charge in [0, 0.05) is 85.7 Å². The first kappa shape index (κ1) is 40.9. The van der Waals surface area contributed by atoms with Gasteiger partial charge in [-0.1, -0.05) is 148 Å². The third-order valence-corrected chi connectivity index (χ3v) is 22.6. The van der Waals surface area contributed by atoms with Crippen molar-refractivity contribution in [2.75, 3.05) is 7.11 Å². The first-order valence-electron chi connectivity index (χ1n) is 23.9. The highest BCUT2D eigenvalue weighted by molar-refractivity contribution is 6.77. The molecule has 12 rings (SSSR count). The summed E-state index contributed by atoms with van der Waals surface area (Å²) >= 11 is 0. The van der Waals surface area contributed by atoms with Gasteiger partial charge in [-0.25, -0.2) is 0 Å². The lowest BCUT2D eigenvalue weighted by molar-refractivity contribution is 0.415. The topological polar surface area (TPSA) is 24.0 Å². The Morgan fingerprint density at radius 3 is 1.75 bits per heavy atom. The van der Waals surface area contributed by atoms with Crippen molar-refractivity contribution < 1.29 is 4.74 Å². The minimum absolute atomic E-state index is 0.346. The Kier molecular flexibility index (Phi) is 9.08. The number of fused-ring (bicyclic) bond motifs is 15. The molecule has 0 fully saturated rings. The number of aryl methyl sites for hydroxylation is 1. The first-order chi connectivity index (χ1) is 31.2. The zero-order valence-corrected chi connectivity index (χ0v) is 42.6. The molecule has 0 radical (unpaired) electrons. The van der Waals surface area contributed by atoms with E-state index in [9.17, 15) is 0 Å². The van der Waals surface area contributed by atoms with Crippen LogP contribution in [0.3, 0.4) is 0 Å². The van der Waals surface area contributed by atoms with Crippen molar-refractivity contribution in [3.63, 3.8) is 0 Å². The molecule has 65 heavy (non-hydrogen) atoms. The van der Waals surface area contributed by atoms with Crippen LogP contribution in [0.25, 0.3) is 66.5 Å². The molecule has 0 saturated heterocycles. The Bertz CT molecular complexity index is 3430. The van der Waals surface area contributed by atoms with Gasteiger partial charge in [-0.2, -0.15) is 0 Å². The average molecular weight is 900 g/mol. The maximum Gasteiger partial charge on any atom is 0.153 e. The Morgan fingerprint density at radius 2 is 1.08 bits per heavy atom. The van der Waals surface area contributed by atoms with E-state index in [1.54, 1.807) is 12.7 Å². The summed E-state index contributed by atoms with van der Waals surface area (Å²) in [6.07, 6.45) is 3.21. The van der Waals surface area contributed by atoms with E-state index in [4.69, 9.17) is 4.74 Å². The summed E-state index contributed by atoms with van der Waals surface area (Å²) in [6.45, 7) is 20.4. The number of aromatic nitrogens is 3. The minimum Gasteiger partial charge on any atom is -0.497 e. The second-order valence-corrected chi connectivity index (χ2v) is 37.2. The van der Waals surface area contributed by atoms with Crippen LogP contribution in [-0.4, -0.2) is 44.9 Å². The molecule has 0 N–H and O–H groups in total. The van der Waals surface area contributed by atoms with Gasteiger partial charge >= 0.3 is 0 Å². The van der Waals surface area contributed by atoms with Gasteiger partial charge in [-0.15, -0.1) is 0 Å². The number of benzene rings is 6. The molecule has 0 spiro atoms. The Morgan fingerprint density at radius 1 is 0.523 bits per heavy atom. The highest BCUT2D eigenvalue weighted by Gasteiger charge is 2.43. The van der Waals surface area contributed by atoms with E-state index >= 15 is 0 Å². The van der Waals surface area contributed by atoms with Crippen LogP contribution in [0.1, 0.15) is 50.8 Å². The molecular weight excluding hydrogens is 839 g/mol. The lowest BCUT2D eigenvalue weighted by Gasteiger charge is -2.29. The van der Waals surface area contributed by atoms with Crippen LogP contribution in [0, 0.1) is 6.92 Å².